The van der Waals surface area contributed by atoms with Gasteiger partial charge in [0.1, 0.15) is 0 Å². The molecule has 27 heavy (non-hydrogen) atoms. The molecule has 2 saturated heterocycles. The molecule has 4 rings (SSSR count). The van der Waals surface area contributed by atoms with Crippen LogP contribution in [0.25, 0.3) is 0 Å². The van der Waals surface area contributed by atoms with Crippen molar-refractivity contribution in [2.24, 2.45) is 4.99 Å². The Kier molecular flexibility index (Phi) is 4.54. The van der Waals surface area contributed by atoms with Gasteiger partial charge in [0.25, 0.3) is 0 Å². The van der Waals surface area contributed by atoms with E-state index >= 15 is 0 Å². The molecule has 0 aromatic heterocycles. The third-order valence-corrected chi connectivity index (χ3v) is 8.38. The first-order valence-electron chi connectivity index (χ1n) is 9.22. The number of nitrogens with zero attached hydrogens (tertiary/aromatic N) is 1. The molecule has 3 aliphatic heterocycles. The normalized spacial score (nSPS) is 30.4. The van der Waals surface area contributed by atoms with Gasteiger partial charge in [0.15, 0.2) is 15.4 Å². The summed E-state index contributed by atoms with van der Waals surface area (Å²) in [5.74, 6) is 0. The van der Waals surface area contributed by atoms with Gasteiger partial charge in [0, 0.05) is 6.61 Å². The summed E-state index contributed by atoms with van der Waals surface area (Å²) in [4.78, 5) is 4.80. The fraction of sp³-hybridized carbons (Fsp3) is 0.550. The minimum atomic E-state index is -3.50. The van der Waals surface area contributed by atoms with Crippen molar-refractivity contribution in [1.82, 2.24) is 0 Å². The molecule has 2 atom stereocenters. The van der Waals surface area contributed by atoms with Crippen molar-refractivity contribution < 1.29 is 23.0 Å². The number of aliphatic hydroxyl groups is 1. The minimum absolute atomic E-state index is 0.251. The van der Waals surface area contributed by atoms with Crippen LogP contribution in [0.5, 0.6) is 0 Å². The van der Waals surface area contributed by atoms with Crippen molar-refractivity contribution >= 4 is 15.5 Å². The summed E-state index contributed by atoms with van der Waals surface area (Å²) in [6.45, 7) is 5.02. The van der Waals surface area contributed by atoms with E-state index in [0.29, 0.717) is 36.6 Å². The topological polar surface area (TPSA) is 85.2 Å². The van der Waals surface area contributed by atoms with Gasteiger partial charge in [0.05, 0.1) is 41.2 Å². The van der Waals surface area contributed by atoms with Crippen LogP contribution in [0.1, 0.15) is 25.3 Å². The van der Waals surface area contributed by atoms with Crippen molar-refractivity contribution in [2.75, 3.05) is 26.4 Å². The van der Waals surface area contributed by atoms with Crippen molar-refractivity contribution in [3.8, 4) is 0 Å². The second-order valence-corrected chi connectivity index (χ2v) is 10.5. The van der Waals surface area contributed by atoms with Gasteiger partial charge in [-0.2, -0.15) is 0 Å². The number of ether oxygens (including phenoxy) is 2. The highest BCUT2D eigenvalue weighted by molar-refractivity contribution is 7.92. The summed E-state index contributed by atoms with van der Waals surface area (Å²) in [5, 5.41) is 10.4. The van der Waals surface area contributed by atoms with Crippen LogP contribution in [-0.4, -0.2) is 62.1 Å². The first-order valence-corrected chi connectivity index (χ1v) is 10.7. The first kappa shape index (κ1) is 18.8. The Balaban J connectivity index is 1.57. The molecule has 1 aromatic carbocycles. The van der Waals surface area contributed by atoms with Crippen LogP contribution in [0.2, 0.25) is 0 Å². The minimum Gasteiger partial charge on any atom is -0.379 e. The number of sulfone groups is 1. The average molecular weight is 391 g/mol. The maximum atomic E-state index is 13.3. The Morgan fingerprint density at radius 3 is 2.74 bits per heavy atom. The number of aryl methyl sites for hydroxylation is 1. The van der Waals surface area contributed by atoms with E-state index in [9.17, 15) is 13.5 Å². The van der Waals surface area contributed by atoms with Gasteiger partial charge < -0.3 is 14.6 Å². The fourth-order valence-electron chi connectivity index (χ4n) is 3.88. The standard InChI is InChI=1S/C20H25NO5S/c1-14-4-3-5-16(8-14)27(23,24)19(2)6-7-26-17(10-19)15-9-18(21-11-15)20(22)12-25-13-20/h3-5,8-9,17,22H,6-7,10-13H2,1-2H3. The molecule has 0 radical (unpaired) electrons. The first-order chi connectivity index (χ1) is 12.7. The molecule has 0 aliphatic carbocycles. The summed E-state index contributed by atoms with van der Waals surface area (Å²) in [6, 6.07) is 7.07. The van der Waals surface area contributed by atoms with Crippen molar-refractivity contribution in [3.63, 3.8) is 0 Å². The van der Waals surface area contributed by atoms with Crippen LogP contribution in [0.15, 0.2) is 45.8 Å². The molecule has 2 fully saturated rings. The molecule has 2 unspecified atom stereocenters. The summed E-state index contributed by atoms with van der Waals surface area (Å²) < 4.78 is 36.8. The molecule has 3 heterocycles. The number of hydrogen-bond donors (Lipinski definition) is 1. The van der Waals surface area contributed by atoms with Crippen LogP contribution in [0, 0.1) is 6.92 Å². The molecule has 0 bridgehead atoms. The summed E-state index contributed by atoms with van der Waals surface area (Å²) in [5.41, 5.74) is 1.46. The molecule has 3 aliphatic rings. The second-order valence-electron chi connectivity index (χ2n) is 8.03. The van der Waals surface area contributed by atoms with Crippen molar-refractivity contribution in [1.29, 1.82) is 0 Å². The average Bonchev–Trinajstić information content (AvgIpc) is 3.10. The van der Waals surface area contributed by atoms with E-state index in [-0.39, 0.29) is 19.3 Å². The molecule has 0 amide bonds. The van der Waals surface area contributed by atoms with Gasteiger partial charge in [-0.05, 0) is 56.0 Å². The summed E-state index contributed by atoms with van der Waals surface area (Å²) in [6.07, 6.45) is 2.39. The van der Waals surface area contributed by atoms with Crippen LogP contribution in [0.3, 0.4) is 0 Å². The smallest absolute Gasteiger partial charge is 0.184 e. The molecule has 7 heteroatoms. The fourth-order valence-corrected chi connectivity index (χ4v) is 5.77. The van der Waals surface area contributed by atoms with Crippen molar-refractivity contribution in [3.05, 3.63) is 41.5 Å². The highest BCUT2D eigenvalue weighted by Gasteiger charge is 2.47. The zero-order valence-corrected chi connectivity index (χ0v) is 16.5. The third-order valence-electron chi connectivity index (χ3n) is 5.84. The summed E-state index contributed by atoms with van der Waals surface area (Å²) in [7, 11) is -3.50. The monoisotopic (exact) mass is 391 g/mol. The van der Waals surface area contributed by atoms with Crippen molar-refractivity contribution in [2.45, 2.75) is 48.0 Å². The Hall–Kier alpha value is -1.54. The Bertz CT molecular complexity index is 916. The van der Waals surface area contributed by atoms with Crippen LogP contribution < -0.4 is 0 Å². The van der Waals surface area contributed by atoms with Crippen LogP contribution in [0.4, 0.5) is 0 Å². The Morgan fingerprint density at radius 2 is 2.07 bits per heavy atom. The molecule has 6 nitrogen and oxygen atoms in total. The van der Waals surface area contributed by atoms with E-state index in [4.69, 9.17) is 9.47 Å². The number of aliphatic imine (C=N–C) groups is 1. The highest BCUT2D eigenvalue weighted by Crippen LogP contribution is 2.39. The van der Waals surface area contributed by atoms with Gasteiger partial charge in [-0.1, -0.05) is 12.1 Å². The lowest BCUT2D eigenvalue weighted by Gasteiger charge is -2.38. The molecule has 146 valence electrons. The van der Waals surface area contributed by atoms with Gasteiger partial charge in [-0.15, -0.1) is 0 Å². The Labute approximate surface area is 159 Å². The van der Waals surface area contributed by atoms with E-state index in [2.05, 4.69) is 4.99 Å². The van der Waals surface area contributed by atoms with Crippen LogP contribution >= 0.6 is 0 Å². The maximum Gasteiger partial charge on any atom is 0.184 e. The molecular weight excluding hydrogens is 366 g/mol. The molecule has 1 N–H and O–H groups in total. The van der Waals surface area contributed by atoms with E-state index < -0.39 is 20.2 Å². The van der Waals surface area contributed by atoms with Gasteiger partial charge in [-0.25, -0.2) is 8.42 Å². The largest absolute Gasteiger partial charge is 0.379 e. The second kappa shape index (κ2) is 6.51. The predicted molar refractivity (Wildman–Crippen MR) is 102 cm³/mol. The molecule has 0 spiro atoms. The van der Waals surface area contributed by atoms with E-state index in [1.54, 1.807) is 18.2 Å². The van der Waals surface area contributed by atoms with E-state index in [0.717, 1.165) is 11.1 Å². The molecular formula is C20H25NO5S. The van der Waals surface area contributed by atoms with Crippen LogP contribution in [-0.2, 0) is 19.3 Å². The Morgan fingerprint density at radius 1 is 1.30 bits per heavy atom. The van der Waals surface area contributed by atoms with Gasteiger partial charge in [0.2, 0.25) is 0 Å². The lowest BCUT2D eigenvalue weighted by molar-refractivity contribution is -0.133. The van der Waals surface area contributed by atoms with Gasteiger partial charge >= 0.3 is 0 Å². The molecule has 0 saturated carbocycles. The number of rotatable bonds is 4. The maximum absolute atomic E-state index is 13.3. The lowest BCUT2D eigenvalue weighted by atomic mass is 9.90. The number of benzene rings is 1. The highest BCUT2D eigenvalue weighted by atomic mass is 32.2. The zero-order chi connectivity index (χ0) is 19.3. The zero-order valence-electron chi connectivity index (χ0n) is 15.6. The SMILES string of the molecule is Cc1cccc(S(=O)(=O)C2(C)CCOC(C3=CC(C4(O)COC4)=NC3)C2)c1. The van der Waals surface area contributed by atoms with Gasteiger partial charge in [-0.3, -0.25) is 4.99 Å². The van der Waals surface area contributed by atoms with E-state index in [1.807, 2.05) is 26.0 Å². The molecule has 1 aromatic rings. The quantitative estimate of drug-likeness (QED) is 0.847. The summed E-state index contributed by atoms with van der Waals surface area (Å²) >= 11 is 0. The van der Waals surface area contributed by atoms with E-state index in [1.165, 1.54) is 0 Å². The lowest BCUT2D eigenvalue weighted by Crippen LogP contribution is -2.55. The predicted octanol–water partition coefficient (Wildman–Crippen LogP) is 1.85. The third kappa shape index (κ3) is 3.16. The number of hydrogen-bond acceptors (Lipinski definition) is 6.